The van der Waals surface area contributed by atoms with Gasteiger partial charge in [-0.25, -0.2) is 0 Å². The predicted octanol–water partition coefficient (Wildman–Crippen LogP) is 25.2. The van der Waals surface area contributed by atoms with Crippen molar-refractivity contribution in [1.29, 1.82) is 0 Å². The molecule has 482 valence electrons. The fraction of sp³-hybridized carbons (Fsp3) is 0.805. The van der Waals surface area contributed by atoms with Gasteiger partial charge in [-0.15, -0.1) is 0 Å². The van der Waals surface area contributed by atoms with E-state index in [2.05, 4.69) is 93.7 Å². The van der Waals surface area contributed by atoms with Gasteiger partial charge in [0.15, 0.2) is 6.10 Å². The molecule has 0 saturated carbocycles. The molecule has 0 aromatic heterocycles. The first kappa shape index (κ1) is 79.8. The molecule has 0 spiro atoms. The molecule has 0 radical (unpaired) electrons. The van der Waals surface area contributed by atoms with Crippen molar-refractivity contribution in [2.45, 2.75) is 386 Å². The minimum Gasteiger partial charge on any atom is -0.462 e. The van der Waals surface area contributed by atoms with E-state index < -0.39 is 6.10 Å². The summed E-state index contributed by atoms with van der Waals surface area (Å²) < 4.78 is 17.0. The van der Waals surface area contributed by atoms with E-state index in [4.69, 9.17) is 14.2 Å². The fourth-order valence-corrected chi connectivity index (χ4v) is 10.8. The van der Waals surface area contributed by atoms with Crippen LogP contribution in [0.25, 0.3) is 0 Å². The zero-order valence-corrected chi connectivity index (χ0v) is 55.5. The second-order valence-electron chi connectivity index (χ2n) is 24.5. The Labute approximate surface area is 516 Å². The molecule has 0 aromatic carbocycles. The maximum absolute atomic E-state index is 13.0. The van der Waals surface area contributed by atoms with Crippen LogP contribution in [0.5, 0.6) is 0 Å². The molecule has 0 fully saturated rings. The minimum atomic E-state index is -0.780. The van der Waals surface area contributed by atoms with Crippen molar-refractivity contribution in [2.75, 3.05) is 13.2 Å². The van der Waals surface area contributed by atoms with Gasteiger partial charge in [0.2, 0.25) is 0 Å². The largest absolute Gasteiger partial charge is 0.462 e. The first-order valence-corrected chi connectivity index (χ1v) is 36.4. The second kappa shape index (κ2) is 71.3. The molecule has 6 nitrogen and oxygen atoms in total. The summed E-state index contributed by atoms with van der Waals surface area (Å²) in [6.07, 6.45) is 93.6. The van der Waals surface area contributed by atoms with Crippen molar-refractivity contribution >= 4 is 17.9 Å². The van der Waals surface area contributed by atoms with Crippen LogP contribution in [0.1, 0.15) is 380 Å². The molecule has 0 saturated heterocycles. The SMILES string of the molecule is CC/C=C\C/C=C\C/C=C\C/C=C\C/C=C\CCCCCCCCCCCC(=O)OCC(COC(=O)CCCCCCCCC/C=C\CCCCCCCC)OC(=O)CCCCCCCCCCCCCCCCCCCCCCCCC. The third kappa shape index (κ3) is 69.5. The Bertz CT molecular complexity index is 1520. The molecule has 0 rings (SSSR count). The number of hydrogen-bond donors (Lipinski definition) is 0. The molecule has 0 N–H and O–H groups in total. The lowest BCUT2D eigenvalue weighted by atomic mass is 10.0. The summed E-state index contributed by atoms with van der Waals surface area (Å²) >= 11 is 0. The highest BCUT2D eigenvalue weighted by atomic mass is 16.6. The van der Waals surface area contributed by atoms with Crippen LogP contribution in [0, 0.1) is 0 Å². The van der Waals surface area contributed by atoms with Crippen molar-refractivity contribution in [3.63, 3.8) is 0 Å². The number of rotatable bonds is 67. The minimum absolute atomic E-state index is 0.0754. The van der Waals surface area contributed by atoms with Crippen LogP contribution in [-0.4, -0.2) is 37.2 Å². The zero-order chi connectivity index (χ0) is 59.9. The van der Waals surface area contributed by atoms with Crippen LogP contribution in [0.3, 0.4) is 0 Å². The average Bonchev–Trinajstić information content (AvgIpc) is 3.49. The molecule has 0 amide bonds. The third-order valence-corrected chi connectivity index (χ3v) is 16.2. The summed E-state index contributed by atoms with van der Waals surface area (Å²) in [5.41, 5.74) is 0. The highest BCUT2D eigenvalue weighted by Gasteiger charge is 2.19. The molecular formula is C77H138O6. The first-order chi connectivity index (χ1) is 41.0. The van der Waals surface area contributed by atoms with Gasteiger partial charge < -0.3 is 14.2 Å². The maximum Gasteiger partial charge on any atom is 0.306 e. The molecule has 0 aliphatic rings. The lowest BCUT2D eigenvalue weighted by Crippen LogP contribution is -2.30. The summed E-state index contributed by atoms with van der Waals surface area (Å²) in [6, 6.07) is 0. The van der Waals surface area contributed by atoms with Gasteiger partial charge >= 0.3 is 17.9 Å². The Morgan fingerprint density at radius 2 is 0.470 bits per heavy atom. The molecule has 0 heterocycles. The van der Waals surface area contributed by atoms with Crippen molar-refractivity contribution in [2.24, 2.45) is 0 Å². The van der Waals surface area contributed by atoms with Crippen LogP contribution >= 0.6 is 0 Å². The third-order valence-electron chi connectivity index (χ3n) is 16.2. The van der Waals surface area contributed by atoms with E-state index in [1.54, 1.807) is 0 Å². The van der Waals surface area contributed by atoms with Crippen LogP contribution in [0.2, 0.25) is 0 Å². The van der Waals surface area contributed by atoms with Gasteiger partial charge in [0, 0.05) is 19.3 Å². The van der Waals surface area contributed by atoms with Gasteiger partial charge in [0.25, 0.3) is 0 Å². The molecule has 1 unspecified atom stereocenters. The average molecular weight is 1160 g/mol. The number of unbranched alkanes of at least 4 members (excludes halogenated alkanes) is 44. The van der Waals surface area contributed by atoms with E-state index in [0.29, 0.717) is 19.3 Å². The van der Waals surface area contributed by atoms with Crippen LogP contribution in [0.15, 0.2) is 72.9 Å². The number of esters is 3. The van der Waals surface area contributed by atoms with Crippen molar-refractivity contribution in [3.05, 3.63) is 72.9 Å². The van der Waals surface area contributed by atoms with E-state index in [1.807, 2.05) is 0 Å². The van der Waals surface area contributed by atoms with E-state index in [1.165, 1.54) is 244 Å². The summed E-state index contributed by atoms with van der Waals surface area (Å²) in [6.45, 7) is 6.58. The molecule has 6 heteroatoms. The number of ether oxygens (including phenoxy) is 3. The Hall–Kier alpha value is -3.15. The van der Waals surface area contributed by atoms with Gasteiger partial charge in [0.05, 0.1) is 0 Å². The normalized spacial score (nSPS) is 12.5. The van der Waals surface area contributed by atoms with Crippen LogP contribution in [0.4, 0.5) is 0 Å². The van der Waals surface area contributed by atoms with Gasteiger partial charge in [0.1, 0.15) is 13.2 Å². The summed E-state index contributed by atoms with van der Waals surface area (Å²) in [5, 5.41) is 0. The summed E-state index contributed by atoms with van der Waals surface area (Å²) in [7, 11) is 0. The Balaban J connectivity index is 4.33. The lowest BCUT2D eigenvalue weighted by Gasteiger charge is -2.18. The highest BCUT2D eigenvalue weighted by molar-refractivity contribution is 5.71. The van der Waals surface area contributed by atoms with Crippen LogP contribution < -0.4 is 0 Å². The fourth-order valence-electron chi connectivity index (χ4n) is 10.8. The van der Waals surface area contributed by atoms with Gasteiger partial charge in [-0.05, 0) is 89.9 Å². The molecular weight excluding hydrogens is 1020 g/mol. The topological polar surface area (TPSA) is 78.9 Å². The predicted molar refractivity (Wildman–Crippen MR) is 362 cm³/mol. The molecule has 83 heavy (non-hydrogen) atoms. The molecule has 1 atom stereocenters. The Kier molecular flexibility index (Phi) is 68.6. The van der Waals surface area contributed by atoms with E-state index in [9.17, 15) is 14.4 Å². The smallest absolute Gasteiger partial charge is 0.306 e. The Morgan fingerprint density at radius 1 is 0.253 bits per heavy atom. The Morgan fingerprint density at radius 3 is 0.747 bits per heavy atom. The highest BCUT2D eigenvalue weighted by Crippen LogP contribution is 2.18. The number of carbonyl (C=O) groups excluding carboxylic acids is 3. The van der Waals surface area contributed by atoms with Crippen molar-refractivity contribution in [1.82, 2.24) is 0 Å². The number of carbonyl (C=O) groups is 3. The second-order valence-corrected chi connectivity index (χ2v) is 24.5. The monoisotopic (exact) mass is 1160 g/mol. The van der Waals surface area contributed by atoms with Crippen molar-refractivity contribution < 1.29 is 28.6 Å². The van der Waals surface area contributed by atoms with Gasteiger partial charge in [-0.1, -0.05) is 344 Å². The summed E-state index contributed by atoms with van der Waals surface area (Å²) in [5.74, 6) is -0.860. The van der Waals surface area contributed by atoms with Gasteiger partial charge in [-0.3, -0.25) is 14.4 Å². The zero-order valence-electron chi connectivity index (χ0n) is 55.5. The van der Waals surface area contributed by atoms with E-state index in [-0.39, 0.29) is 31.1 Å². The quantitative estimate of drug-likeness (QED) is 0.0261. The number of allylic oxidation sites excluding steroid dienone is 12. The maximum atomic E-state index is 13.0. The molecule has 0 aliphatic heterocycles. The van der Waals surface area contributed by atoms with E-state index in [0.717, 1.165) is 96.3 Å². The molecule has 0 aromatic rings. The molecule has 0 aliphatic carbocycles. The molecule has 0 bridgehead atoms. The van der Waals surface area contributed by atoms with Crippen molar-refractivity contribution in [3.8, 4) is 0 Å². The van der Waals surface area contributed by atoms with E-state index >= 15 is 0 Å². The lowest BCUT2D eigenvalue weighted by molar-refractivity contribution is -0.167. The standard InChI is InChI=1S/C77H138O6/c1-4-7-10-13-16-19-22-25-28-31-33-35-37-38-40-41-43-46-49-52-55-58-61-64-67-70-76(79)82-73-74(72-81-75(78)69-66-63-60-57-54-51-48-45-30-27-24-21-18-15-12-9-6-3)83-77(80)71-68-65-62-59-56-53-50-47-44-42-39-36-34-32-29-26-23-20-17-14-11-8-5-2/h7,10,16,19,25,27-28,30,33,35,38,40,74H,4-6,8-9,11-15,17-18,20-24,26,29,31-32,34,36-37,39,41-73H2,1-3H3/b10-7-,19-16-,28-25-,30-27-,35-33-,40-38-. The first-order valence-electron chi connectivity index (χ1n) is 36.4. The number of hydrogen-bond acceptors (Lipinski definition) is 6. The van der Waals surface area contributed by atoms with Gasteiger partial charge in [-0.2, -0.15) is 0 Å². The van der Waals surface area contributed by atoms with Crippen LogP contribution in [-0.2, 0) is 28.6 Å². The summed E-state index contributed by atoms with van der Waals surface area (Å²) in [4.78, 5) is 38.5.